The summed E-state index contributed by atoms with van der Waals surface area (Å²) in [6, 6.07) is 8.43. The molecule has 0 amide bonds. The van der Waals surface area contributed by atoms with Gasteiger partial charge in [-0.2, -0.15) is 0 Å². The lowest BCUT2D eigenvalue weighted by atomic mass is 10.2. The minimum Gasteiger partial charge on any atom is -0.382 e. The molecule has 0 bridgehead atoms. The van der Waals surface area contributed by atoms with Crippen molar-refractivity contribution in [3.8, 4) is 0 Å². The van der Waals surface area contributed by atoms with Crippen molar-refractivity contribution in [2.24, 2.45) is 0 Å². The Balaban J connectivity index is 1.88. The van der Waals surface area contributed by atoms with Gasteiger partial charge >= 0.3 is 0 Å². The van der Waals surface area contributed by atoms with Gasteiger partial charge < -0.3 is 14.8 Å². The van der Waals surface area contributed by atoms with Crippen LogP contribution in [0.1, 0.15) is 15.8 Å². The molecule has 2 aromatic rings. The number of hydrogen-bond acceptors (Lipinski definition) is 5. The first-order chi connectivity index (χ1) is 9.81. The number of thiophene rings is 2. The third-order valence-electron chi connectivity index (χ3n) is 2.73. The number of ether oxygens (including phenoxy) is 2. The molecule has 1 N–H and O–H groups in total. The van der Waals surface area contributed by atoms with Gasteiger partial charge in [-0.25, -0.2) is 0 Å². The van der Waals surface area contributed by atoms with Crippen LogP contribution in [-0.2, 0) is 9.47 Å². The summed E-state index contributed by atoms with van der Waals surface area (Å²) in [6.45, 7) is 2.73. The standard InChI is InChI=1S/C14H18ClNO2S2/c1-17-8-9-18-7-6-16-14(11-3-2-10-19-11)12-4-5-13(15)20-12/h2-5,10,14,16H,6-9H2,1H3. The Hall–Kier alpha value is -0.430. The monoisotopic (exact) mass is 331 g/mol. The largest absolute Gasteiger partial charge is 0.382 e. The molecule has 2 aromatic heterocycles. The third-order valence-corrected chi connectivity index (χ3v) is 4.97. The van der Waals surface area contributed by atoms with Crippen LogP contribution in [-0.4, -0.2) is 33.5 Å². The van der Waals surface area contributed by atoms with E-state index in [4.69, 9.17) is 21.1 Å². The molecule has 1 atom stereocenters. The van der Waals surface area contributed by atoms with Gasteiger partial charge in [0.05, 0.1) is 30.2 Å². The Kier molecular flexibility index (Phi) is 6.99. The second kappa shape index (κ2) is 8.77. The van der Waals surface area contributed by atoms with Crippen molar-refractivity contribution in [3.63, 3.8) is 0 Å². The van der Waals surface area contributed by atoms with Crippen molar-refractivity contribution < 1.29 is 9.47 Å². The molecule has 0 aliphatic rings. The predicted molar refractivity (Wildman–Crippen MR) is 86.2 cm³/mol. The highest BCUT2D eigenvalue weighted by atomic mass is 35.5. The van der Waals surface area contributed by atoms with Crippen LogP contribution in [0.25, 0.3) is 0 Å². The first-order valence-electron chi connectivity index (χ1n) is 6.40. The van der Waals surface area contributed by atoms with E-state index < -0.39 is 0 Å². The van der Waals surface area contributed by atoms with Crippen LogP contribution in [0.5, 0.6) is 0 Å². The molecule has 0 aliphatic carbocycles. The zero-order chi connectivity index (χ0) is 14.2. The van der Waals surface area contributed by atoms with E-state index in [1.165, 1.54) is 9.75 Å². The third kappa shape index (κ3) is 4.84. The van der Waals surface area contributed by atoms with Crippen molar-refractivity contribution in [1.29, 1.82) is 0 Å². The summed E-state index contributed by atoms with van der Waals surface area (Å²) >= 11 is 9.40. The fourth-order valence-corrected chi connectivity index (χ4v) is 3.85. The zero-order valence-corrected chi connectivity index (χ0v) is 13.7. The fourth-order valence-electron chi connectivity index (χ4n) is 1.80. The molecular formula is C14H18ClNO2S2. The van der Waals surface area contributed by atoms with Gasteiger partial charge in [0, 0.05) is 23.4 Å². The topological polar surface area (TPSA) is 30.5 Å². The van der Waals surface area contributed by atoms with E-state index in [9.17, 15) is 0 Å². The molecular weight excluding hydrogens is 314 g/mol. The molecule has 0 saturated carbocycles. The van der Waals surface area contributed by atoms with Gasteiger partial charge in [-0.3, -0.25) is 0 Å². The molecule has 1 unspecified atom stereocenters. The second-order valence-electron chi connectivity index (χ2n) is 4.15. The Bertz CT molecular complexity index is 487. The van der Waals surface area contributed by atoms with Crippen LogP contribution in [0.15, 0.2) is 29.6 Å². The quantitative estimate of drug-likeness (QED) is 0.709. The van der Waals surface area contributed by atoms with Crippen LogP contribution in [0.2, 0.25) is 4.34 Å². The summed E-state index contributed by atoms with van der Waals surface area (Å²) in [5, 5.41) is 5.62. The van der Waals surface area contributed by atoms with Crippen molar-refractivity contribution in [2.45, 2.75) is 6.04 Å². The lowest BCUT2D eigenvalue weighted by Crippen LogP contribution is -2.25. The molecule has 6 heteroatoms. The van der Waals surface area contributed by atoms with E-state index in [0.29, 0.717) is 19.8 Å². The molecule has 0 spiro atoms. The Morgan fingerprint density at radius 3 is 2.75 bits per heavy atom. The van der Waals surface area contributed by atoms with Crippen LogP contribution in [0, 0.1) is 0 Å². The maximum Gasteiger partial charge on any atom is 0.0931 e. The molecule has 0 saturated heterocycles. The maximum absolute atomic E-state index is 6.04. The number of nitrogens with one attached hydrogen (secondary N) is 1. The van der Waals surface area contributed by atoms with Crippen molar-refractivity contribution in [1.82, 2.24) is 5.32 Å². The molecule has 2 rings (SSSR count). The van der Waals surface area contributed by atoms with Crippen LogP contribution in [0.4, 0.5) is 0 Å². The maximum atomic E-state index is 6.04. The molecule has 0 aliphatic heterocycles. The lowest BCUT2D eigenvalue weighted by Gasteiger charge is -2.16. The van der Waals surface area contributed by atoms with Gasteiger partial charge in [-0.05, 0) is 23.6 Å². The average molecular weight is 332 g/mol. The number of halogens is 1. The highest BCUT2D eigenvalue weighted by molar-refractivity contribution is 7.16. The van der Waals surface area contributed by atoms with E-state index in [1.807, 2.05) is 6.07 Å². The van der Waals surface area contributed by atoms with E-state index in [2.05, 4.69) is 28.9 Å². The van der Waals surface area contributed by atoms with Gasteiger partial charge in [0.2, 0.25) is 0 Å². The van der Waals surface area contributed by atoms with Crippen molar-refractivity contribution >= 4 is 34.3 Å². The second-order valence-corrected chi connectivity index (χ2v) is 6.88. The van der Waals surface area contributed by atoms with Crippen LogP contribution < -0.4 is 5.32 Å². The lowest BCUT2D eigenvalue weighted by molar-refractivity contribution is 0.0715. The van der Waals surface area contributed by atoms with E-state index >= 15 is 0 Å². The molecule has 2 heterocycles. The summed E-state index contributed by atoms with van der Waals surface area (Å²) in [7, 11) is 1.68. The SMILES string of the molecule is COCCOCCNC(c1cccs1)c1ccc(Cl)s1. The number of methoxy groups -OCH3 is 1. The number of rotatable bonds is 9. The molecule has 20 heavy (non-hydrogen) atoms. The first-order valence-corrected chi connectivity index (χ1v) is 8.47. The van der Waals surface area contributed by atoms with Gasteiger partial charge in [0.15, 0.2) is 0 Å². The van der Waals surface area contributed by atoms with Crippen molar-refractivity contribution in [2.75, 3.05) is 33.5 Å². The predicted octanol–water partition coefficient (Wildman–Crippen LogP) is 3.81. The van der Waals surface area contributed by atoms with Crippen LogP contribution in [0.3, 0.4) is 0 Å². The number of hydrogen-bond donors (Lipinski definition) is 1. The highest BCUT2D eigenvalue weighted by Crippen LogP contribution is 2.32. The Labute approximate surface area is 132 Å². The Morgan fingerprint density at radius 1 is 1.20 bits per heavy atom. The van der Waals surface area contributed by atoms with Gasteiger partial charge in [-0.15, -0.1) is 22.7 Å². The van der Waals surface area contributed by atoms with E-state index in [0.717, 1.165) is 10.9 Å². The molecule has 0 aromatic carbocycles. The minimum atomic E-state index is 0.193. The first kappa shape index (κ1) is 15.9. The zero-order valence-electron chi connectivity index (χ0n) is 11.3. The van der Waals surface area contributed by atoms with Gasteiger partial charge in [0.1, 0.15) is 0 Å². The smallest absolute Gasteiger partial charge is 0.0931 e. The summed E-state index contributed by atoms with van der Waals surface area (Å²) in [5.41, 5.74) is 0. The fraction of sp³-hybridized carbons (Fsp3) is 0.429. The molecule has 0 radical (unpaired) electrons. The summed E-state index contributed by atoms with van der Waals surface area (Å²) in [5.74, 6) is 0. The summed E-state index contributed by atoms with van der Waals surface area (Å²) in [6.07, 6.45) is 0. The van der Waals surface area contributed by atoms with Crippen LogP contribution >= 0.6 is 34.3 Å². The minimum absolute atomic E-state index is 0.193. The summed E-state index contributed by atoms with van der Waals surface area (Å²) < 4.78 is 11.2. The van der Waals surface area contributed by atoms with Crippen molar-refractivity contribution in [3.05, 3.63) is 43.7 Å². The van der Waals surface area contributed by atoms with E-state index in [1.54, 1.807) is 29.8 Å². The molecule has 3 nitrogen and oxygen atoms in total. The van der Waals surface area contributed by atoms with Gasteiger partial charge in [0.25, 0.3) is 0 Å². The highest BCUT2D eigenvalue weighted by Gasteiger charge is 2.16. The van der Waals surface area contributed by atoms with Gasteiger partial charge in [-0.1, -0.05) is 17.7 Å². The Morgan fingerprint density at radius 2 is 2.10 bits per heavy atom. The normalized spacial score (nSPS) is 12.7. The molecule has 110 valence electrons. The van der Waals surface area contributed by atoms with E-state index in [-0.39, 0.29) is 6.04 Å². The summed E-state index contributed by atoms with van der Waals surface area (Å²) in [4.78, 5) is 2.52. The molecule has 0 fully saturated rings. The average Bonchev–Trinajstić information content (AvgIpc) is 3.10.